The Labute approximate surface area is 134 Å². The van der Waals surface area contributed by atoms with Crippen molar-refractivity contribution in [3.05, 3.63) is 53.1 Å². The minimum absolute atomic E-state index is 0.101. The average molecular weight is 314 g/mol. The van der Waals surface area contributed by atoms with E-state index in [2.05, 4.69) is 10.5 Å². The van der Waals surface area contributed by atoms with Gasteiger partial charge in [-0.2, -0.15) is 5.10 Å². The largest absolute Gasteiger partial charge is 0.508 e. The second-order valence-corrected chi connectivity index (χ2v) is 5.02. The van der Waals surface area contributed by atoms with Gasteiger partial charge < -0.3 is 14.9 Å². The van der Waals surface area contributed by atoms with Gasteiger partial charge in [0.15, 0.2) is 0 Å². The van der Waals surface area contributed by atoms with Crippen LogP contribution in [0.5, 0.6) is 17.2 Å². The van der Waals surface area contributed by atoms with E-state index in [-0.39, 0.29) is 23.8 Å². The summed E-state index contributed by atoms with van der Waals surface area (Å²) in [5.41, 5.74) is 4.55. The Kier molecular flexibility index (Phi) is 5.19. The molecule has 2 aromatic carbocycles. The fourth-order valence-electron chi connectivity index (χ4n) is 2.14. The first-order chi connectivity index (χ1) is 11.0. The van der Waals surface area contributed by atoms with E-state index in [4.69, 9.17) is 4.74 Å². The zero-order valence-corrected chi connectivity index (χ0v) is 12.9. The van der Waals surface area contributed by atoms with Gasteiger partial charge in [-0.3, -0.25) is 4.79 Å². The van der Waals surface area contributed by atoms with Gasteiger partial charge in [0, 0.05) is 11.6 Å². The minimum atomic E-state index is -0.303. The first kappa shape index (κ1) is 16.4. The fourth-order valence-corrected chi connectivity index (χ4v) is 2.14. The van der Waals surface area contributed by atoms with Gasteiger partial charge in [-0.1, -0.05) is 12.1 Å². The molecule has 0 aliphatic carbocycles. The van der Waals surface area contributed by atoms with Crippen LogP contribution in [-0.4, -0.2) is 29.4 Å². The van der Waals surface area contributed by atoms with Gasteiger partial charge in [0.25, 0.3) is 0 Å². The molecule has 0 aliphatic rings. The highest BCUT2D eigenvalue weighted by molar-refractivity contribution is 5.87. The molecule has 0 saturated carbocycles. The zero-order valence-electron chi connectivity index (χ0n) is 12.9. The molecule has 3 N–H and O–H groups in total. The summed E-state index contributed by atoms with van der Waals surface area (Å²) >= 11 is 0. The Morgan fingerprint density at radius 3 is 2.74 bits per heavy atom. The van der Waals surface area contributed by atoms with Crippen LogP contribution in [0, 0.1) is 6.92 Å². The molecule has 0 aliphatic heterocycles. The number of carbonyl (C=O) groups is 1. The summed E-state index contributed by atoms with van der Waals surface area (Å²) in [6, 6.07) is 9.54. The van der Waals surface area contributed by atoms with E-state index in [0.717, 1.165) is 5.56 Å². The number of amides is 1. The van der Waals surface area contributed by atoms with Crippen LogP contribution in [0.15, 0.2) is 41.5 Å². The van der Waals surface area contributed by atoms with E-state index in [1.807, 2.05) is 0 Å². The lowest BCUT2D eigenvalue weighted by Crippen LogP contribution is -2.19. The predicted molar refractivity (Wildman–Crippen MR) is 86.9 cm³/mol. The van der Waals surface area contributed by atoms with Crippen LogP contribution >= 0.6 is 0 Å². The summed E-state index contributed by atoms with van der Waals surface area (Å²) in [6.45, 7) is 1.80. The van der Waals surface area contributed by atoms with Gasteiger partial charge in [-0.25, -0.2) is 5.43 Å². The summed E-state index contributed by atoms with van der Waals surface area (Å²) in [6.07, 6.45) is 1.57. The van der Waals surface area contributed by atoms with Crippen molar-refractivity contribution in [2.24, 2.45) is 5.10 Å². The maximum absolute atomic E-state index is 11.8. The van der Waals surface area contributed by atoms with Crippen LogP contribution in [0.2, 0.25) is 0 Å². The molecular weight excluding hydrogens is 296 g/mol. The van der Waals surface area contributed by atoms with Gasteiger partial charge in [0.2, 0.25) is 5.91 Å². The summed E-state index contributed by atoms with van der Waals surface area (Å²) in [7, 11) is 1.49. The predicted octanol–water partition coefficient (Wildman–Crippen LogP) is 2.11. The maximum atomic E-state index is 11.8. The third kappa shape index (κ3) is 4.47. The van der Waals surface area contributed by atoms with Gasteiger partial charge >= 0.3 is 0 Å². The van der Waals surface area contributed by atoms with Crippen molar-refractivity contribution in [3.8, 4) is 17.2 Å². The number of hydrazone groups is 1. The van der Waals surface area contributed by atoms with Crippen molar-refractivity contribution in [1.82, 2.24) is 5.43 Å². The van der Waals surface area contributed by atoms with Gasteiger partial charge in [0.1, 0.15) is 17.2 Å². The molecule has 0 bridgehead atoms. The highest BCUT2D eigenvalue weighted by atomic mass is 16.5. The number of rotatable bonds is 5. The second kappa shape index (κ2) is 7.31. The molecule has 1 amide bonds. The highest BCUT2D eigenvalue weighted by Gasteiger charge is 2.07. The smallest absolute Gasteiger partial charge is 0.244 e. The summed E-state index contributed by atoms with van der Waals surface area (Å²) in [4.78, 5) is 11.8. The topological polar surface area (TPSA) is 91.2 Å². The van der Waals surface area contributed by atoms with Crippen LogP contribution in [0.25, 0.3) is 0 Å². The molecule has 0 heterocycles. The summed E-state index contributed by atoms with van der Waals surface area (Å²) < 4.78 is 5.18. The number of nitrogens with zero attached hydrogens (tertiary/aromatic N) is 1. The number of hydrogen-bond acceptors (Lipinski definition) is 5. The number of phenolic OH excluding ortho intramolecular Hbond substituents is 2. The Balaban J connectivity index is 2.03. The molecule has 2 rings (SSSR count). The van der Waals surface area contributed by atoms with Crippen LogP contribution in [0.4, 0.5) is 0 Å². The van der Waals surface area contributed by atoms with Crippen molar-refractivity contribution in [2.45, 2.75) is 13.3 Å². The molecule has 6 nitrogen and oxygen atoms in total. The highest BCUT2D eigenvalue weighted by Crippen LogP contribution is 2.26. The van der Waals surface area contributed by atoms with E-state index >= 15 is 0 Å². The van der Waals surface area contributed by atoms with E-state index < -0.39 is 0 Å². The Morgan fingerprint density at radius 2 is 2.04 bits per heavy atom. The summed E-state index contributed by atoms with van der Waals surface area (Å²) in [5, 5.41) is 22.8. The van der Waals surface area contributed by atoms with Crippen LogP contribution in [-0.2, 0) is 11.2 Å². The lowest BCUT2D eigenvalue weighted by Gasteiger charge is -2.08. The molecular formula is C17H18N2O4. The molecule has 2 aromatic rings. The Morgan fingerprint density at radius 1 is 1.26 bits per heavy atom. The number of carbonyl (C=O) groups excluding carboxylic acids is 1. The van der Waals surface area contributed by atoms with Crippen molar-refractivity contribution in [3.63, 3.8) is 0 Å². The van der Waals surface area contributed by atoms with Crippen molar-refractivity contribution < 1.29 is 19.7 Å². The van der Waals surface area contributed by atoms with Crippen LogP contribution in [0.3, 0.4) is 0 Å². The van der Waals surface area contributed by atoms with Gasteiger partial charge in [0.05, 0.1) is 19.7 Å². The monoisotopic (exact) mass is 314 g/mol. The number of benzene rings is 2. The second-order valence-electron chi connectivity index (χ2n) is 5.02. The maximum Gasteiger partial charge on any atom is 0.244 e. The lowest BCUT2D eigenvalue weighted by atomic mass is 10.1. The number of nitrogens with one attached hydrogen (secondary N) is 1. The van der Waals surface area contributed by atoms with E-state index in [1.54, 1.807) is 31.2 Å². The van der Waals surface area contributed by atoms with E-state index in [9.17, 15) is 15.0 Å². The Hall–Kier alpha value is -3.02. The number of ether oxygens (including phenoxy) is 1. The van der Waals surface area contributed by atoms with Crippen molar-refractivity contribution in [1.29, 1.82) is 0 Å². The SMILES string of the molecule is COc1cc(O)cc(C)c1/C=N/NC(=O)Cc1cccc(O)c1. The number of methoxy groups -OCH3 is 1. The molecule has 23 heavy (non-hydrogen) atoms. The number of aromatic hydroxyl groups is 2. The zero-order chi connectivity index (χ0) is 16.8. The number of phenols is 2. The third-order valence-corrected chi connectivity index (χ3v) is 3.21. The lowest BCUT2D eigenvalue weighted by molar-refractivity contribution is -0.120. The normalized spacial score (nSPS) is 10.7. The third-order valence-electron chi connectivity index (χ3n) is 3.21. The molecule has 0 radical (unpaired) electrons. The van der Waals surface area contributed by atoms with Crippen molar-refractivity contribution in [2.75, 3.05) is 7.11 Å². The quantitative estimate of drug-likeness (QED) is 0.582. The molecule has 6 heteroatoms. The van der Waals surface area contributed by atoms with Gasteiger partial charge in [-0.05, 0) is 36.2 Å². The van der Waals surface area contributed by atoms with E-state index in [0.29, 0.717) is 16.9 Å². The van der Waals surface area contributed by atoms with Gasteiger partial charge in [-0.15, -0.1) is 0 Å². The van der Waals surface area contributed by atoms with Crippen LogP contribution < -0.4 is 10.2 Å². The summed E-state index contributed by atoms with van der Waals surface area (Å²) in [5.74, 6) is 0.378. The Bertz CT molecular complexity index is 741. The fraction of sp³-hybridized carbons (Fsp3) is 0.176. The number of aryl methyl sites for hydroxylation is 1. The standard InChI is InChI=1S/C17H18N2O4/c1-11-6-14(21)9-16(23-2)15(11)10-18-19-17(22)8-12-4-3-5-13(20)7-12/h3-7,9-10,20-21H,8H2,1-2H3,(H,19,22)/b18-10+. The average Bonchev–Trinajstić information content (AvgIpc) is 2.49. The molecule has 0 spiro atoms. The first-order valence-corrected chi connectivity index (χ1v) is 6.97. The molecule has 0 aromatic heterocycles. The molecule has 0 saturated heterocycles. The molecule has 120 valence electrons. The minimum Gasteiger partial charge on any atom is -0.508 e. The first-order valence-electron chi connectivity index (χ1n) is 6.97. The van der Waals surface area contributed by atoms with Crippen molar-refractivity contribution >= 4 is 12.1 Å². The number of hydrogen-bond donors (Lipinski definition) is 3. The molecule has 0 unspecified atom stereocenters. The molecule has 0 fully saturated rings. The molecule has 0 atom stereocenters. The van der Waals surface area contributed by atoms with Crippen LogP contribution in [0.1, 0.15) is 16.7 Å². The van der Waals surface area contributed by atoms with E-state index in [1.165, 1.54) is 25.5 Å².